The molecule has 39 heavy (non-hydrogen) atoms. The van der Waals surface area contributed by atoms with Crippen molar-refractivity contribution < 1.29 is 39.9 Å². The van der Waals surface area contributed by atoms with Gasteiger partial charge >= 0.3 is 0 Å². The Labute approximate surface area is 225 Å². The highest BCUT2D eigenvalue weighted by atomic mass is 32.2. The molecule has 13 heteroatoms. The number of carbonyl (C=O) groups is 1. The molecule has 1 amide bonds. The van der Waals surface area contributed by atoms with Crippen molar-refractivity contribution >= 4 is 15.9 Å². The number of sulfonamides is 1. The Hall–Kier alpha value is -2.61. The summed E-state index contributed by atoms with van der Waals surface area (Å²) >= 11 is 0. The minimum atomic E-state index is -5.07. The molecule has 1 unspecified atom stereocenters. The summed E-state index contributed by atoms with van der Waals surface area (Å²) in [6.45, 7) is -1.24. The number of nitrogens with one attached hydrogen (secondary N) is 1. The van der Waals surface area contributed by atoms with Crippen LogP contribution in [0, 0.1) is 35.0 Å². The van der Waals surface area contributed by atoms with E-state index in [1.165, 1.54) is 5.56 Å². The quantitative estimate of drug-likeness (QED) is 0.189. The molecule has 0 bridgehead atoms. The molecule has 0 heterocycles. The SMILES string of the molecule is CN(C)C(c1ccccc1)C1CCC(NC(=O)COCCN(C)S(=O)(=O)c2c(F)c(F)c(F)c(F)c2F)CC1. The summed E-state index contributed by atoms with van der Waals surface area (Å²) in [5, 5.41) is 2.90. The van der Waals surface area contributed by atoms with Gasteiger partial charge in [0.1, 0.15) is 6.61 Å². The first-order valence-corrected chi connectivity index (χ1v) is 13.9. The molecule has 3 rings (SSSR count). The van der Waals surface area contributed by atoms with Gasteiger partial charge in [0, 0.05) is 25.7 Å². The van der Waals surface area contributed by atoms with Gasteiger partial charge in [0.25, 0.3) is 0 Å². The highest BCUT2D eigenvalue weighted by molar-refractivity contribution is 7.89. The van der Waals surface area contributed by atoms with Gasteiger partial charge in [-0.05, 0) is 51.3 Å². The Morgan fingerprint density at radius 3 is 2.00 bits per heavy atom. The summed E-state index contributed by atoms with van der Waals surface area (Å²) in [5.74, 6) is -12.1. The normalized spacial score (nSPS) is 18.9. The molecule has 1 atom stereocenters. The van der Waals surface area contributed by atoms with E-state index in [9.17, 15) is 35.2 Å². The Morgan fingerprint density at radius 1 is 0.923 bits per heavy atom. The molecule has 0 aliphatic heterocycles. The molecule has 1 aliphatic rings. The van der Waals surface area contributed by atoms with Gasteiger partial charge in [0.15, 0.2) is 28.2 Å². The highest BCUT2D eigenvalue weighted by Gasteiger charge is 2.36. The van der Waals surface area contributed by atoms with Gasteiger partial charge in [0.05, 0.1) is 6.61 Å². The van der Waals surface area contributed by atoms with Crippen molar-refractivity contribution in [3.8, 4) is 0 Å². The van der Waals surface area contributed by atoms with Crippen LogP contribution < -0.4 is 5.32 Å². The molecule has 0 saturated heterocycles. The topological polar surface area (TPSA) is 79.0 Å². The van der Waals surface area contributed by atoms with Gasteiger partial charge in [0.2, 0.25) is 21.7 Å². The summed E-state index contributed by atoms with van der Waals surface area (Å²) in [5.41, 5.74) is 1.25. The van der Waals surface area contributed by atoms with E-state index in [0.29, 0.717) is 10.2 Å². The second kappa shape index (κ2) is 13.2. The molecule has 0 spiro atoms. The third-order valence-corrected chi connectivity index (χ3v) is 8.78. The Kier molecular flexibility index (Phi) is 10.4. The van der Waals surface area contributed by atoms with E-state index < -0.39 is 56.5 Å². The van der Waals surface area contributed by atoms with Crippen molar-refractivity contribution in [3.63, 3.8) is 0 Å². The summed E-state index contributed by atoms with van der Waals surface area (Å²) in [6.07, 6.45) is 3.42. The number of ether oxygens (including phenoxy) is 1. The molecule has 2 aromatic carbocycles. The van der Waals surface area contributed by atoms with Crippen molar-refractivity contribution in [1.82, 2.24) is 14.5 Å². The lowest BCUT2D eigenvalue weighted by atomic mass is 9.78. The number of likely N-dealkylation sites (N-methyl/N-ethyl adjacent to an activating group) is 1. The maximum atomic E-state index is 14.0. The number of halogens is 5. The zero-order chi connectivity index (χ0) is 28.9. The number of hydrogen-bond acceptors (Lipinski definition) is 5. The molecule has 0 radical (unpaired) electrons. The number of nitrogens with zero attached hydrogens (tertiary/aromatic N) is 2. The van der Waals surface area contributed by atoms with E-state index in [1.54, 1.807) is 0 Å². The van der Waals surface area contributed by atoms with Crippen molar-refractivity contribution in [3.05, 3.63) is 65.0 Å². The zero-order valence-electron chi connectivity index (χ0n) is 21.9. The van der Waals surface area contributed by atoms with Gasteiger partial charge in [-0.1, -0.05) is 30.3 Å². The number of carbonyl (C=O) groups excluding carboxylic acids is 1. The van der Waals surface area contributed by atoms with E-state index in [-0.39, 0.29) is 25.3 Å². The first-order valence-electron chi connectivity index (χ1n) is 12.4. The molecule has 7 nitrogen and oxygen atoms in total. The molecule has 1 N–H and O–H groups in total. The first kappa shape index (κ1) is 30.9. The molecular weight excluding hydrogens is 545 g/mol. The molecular formula is C26H32F5N3O4S. The Morgan fingerprint density at radius 2 is 1.46 bits per heavy atom. The first-order chi connectivity index (χ1) is 18.4. The van der Waals surface area contributed by atoms with Crippen LogP contribution in [-0.4, -0.2) is 70.5 Å². The largest absolute Gasteiger partial charge is 0.370 e. The third kappa shape index (κ3) is 7.13. The van der Waals surface area contributed by atoms with Gasteiger partial charge in [-0.2, -0.15) is 4.31 Å². The number of hydrogen-bond donors (Lipinski definition) is 1. The van der Waals surface area contributed by atoms with Gasteiger partial charge in [-0.3, -0.25) is 4.79 Å². The second-order valence-corrected chi connectivity index (χ2v) is 11.8. The standard InChI is InChI=1S/C26H32F5N3O4S/c1-33(2)25(16-7-5-4-6-8-16)17-9-11-18(12-10-17)32-19(35)15-38-14-13-34(3)39(36,37)26-23(30)21(28)20(27)22(29)24(26)31/h4-8,17-18,25H,9-15H2,1-3H3,(H,32,35). The average molecular weight is 578 g/mol. The van der Waals surface area contributed by atoms with Crippen molar-refractivity contribution in [1.29, 1.82) is 0 Å². The lowest BCUT2D eigenvalue weighted by molar-refractivity contribution is -0.126. The molecule has 1 saturated carbocycles. The summed E-state index contributed by atoms with van der Waals surface area (Å²) in [4.78, 5) is 12.6. The fourth-order valence-corrected chi connectivity index (χ4v) is 6.19. The minimum Gasteiger partial charge on any atom is -0.370 e. The van der Waals surface area contributed by atoms with Crippen LogP contribution in [0.25, 0.3) is 0 Å². The smallest absolute Gasteiger partial charge is 0.248 e. The van der Waals surface area contributed by atoms with Crippen molar-refractivity contribution in [2.75, 3.05) is 40.9 Å². The van der Waals surface area contributed by atoms with Crippen LogP contribution in [0.4, 0.5) is 22.0 Å². The highest BCUT2D eigenvalue weighted by Crippen LogP contribution is 2.37. The Bertz CT molecular complexity index is 1230. The van der Waals surface area contributed by atoms with Crippen LogP contribution in [0.3, 0.4) is 0 Å². The third-order valence-electron chi connectivity index (χ3n) is 6.90. The monoisotopic (exact) mass is 577 g/mol. The van der Waals surface area contributed by atoms with Crippen LogP contribution in [0.15, 0.2) is 35.2 Å². The Balaban J connectivity index is 1.46. The van der Waals surface area contributed by atoms with Crippen LogP contribution in [-0.2, 0) is 19.6 Å². The lowest BCUT2D eigenvalue weighted by Gasteiger charge is -2.37. The predicted molar refractivity (Wildman–Crippen MR) is 134 cm³/mol. The second-order valence-electron chi connectivity index (χ2n) is 9.78. The number of benzene rings is 2. The van der Waals surface area contributed by atoms with Crippen LogP contribution in [0.5, 0.6) is 0 Å². The summed E-state index contributed by atoms with van der Waals surface area (Å²) < 4.78 is 98.5. The van der Waals surface area contributed by atoms with E-state index in [1.807, 2.05) is 18.2 Å². The van der Waals surface area contributed by atoms with Gasteiger partial charge < -0.3 is 15.0 Å². The molecule has 216 valence electrons. The minimum absolute atomic E-state index is 0.0341. The van der Waals surface area contributed by atoms with Crippen LogP contribution >= 0.6 is 0 Å². The van der Waals surface area contributed by atoms with Crippen molar-refractivity contribution in [2.24, 2.45) is 5.92 Å². The maximum Gasteiger partial charge on any atom is 0.248 e. The maximum absolute atomic E-state index is 14.0. The van der Waals surface area contributed by atoms with Crippen LogP contribution in [0.1, 0.15) is 37.3 Å². The number of rotatable bonds is 11. The van der Waals surface area contributed by atoms with E-state index in [4.69, 9.17) is 4.74 Å². The van der Waals surface area contributed by atoms with Crippen LogP contribution in [0.2, 0.25) is 0 Å². The summed E-state index contributed by atoms with van der Waals surface area (Å²) in [6, 6.07) is 10.5. The predicted octanol–water partition coefficient (Wildman–Crippen LogP) is 4.00. The van der Waals surface area contributed by atoms with Crippen molar-refractivity contribution in [2.45, 2.75) is 42.7 Å². The molecule has 1 fully saturated rings. The molecule has 0 aromatic heterocycles. The lowest BCUT2D eigenvalue weighted by Crippen LogP contribution is -2.41. The van der Waals surface area contributed by atoms with E-state index in [0.717, 1.165) is 32.7 Å². The molecule has 2 aromatic rings. The van der Waals surface area contributed by atoms with E-state index >= 15 is 0 Å². The molecule has 1 aliphatic carbocycles. The van der Waals surface area contributed by atoms with Gasteiger partial charge in [-0.15, -0.1) is 0 Å². The summed E-state index contributed by atoms with van der Waals surface area (Å²) in [7, 11) is -0.0763. The zero-order valence-corrected chi connectivity index (χ0v) is 22.7. The fourth-order valence-electron chi connectivity index (χ4n) is 4.94. The van der Waals surface area contributed by atoms with E-state index in [2.05, 4.69) is 36.4 Å². The fraction of sp³-hybridized carbons (Fsp3) is 0.500. The average Bonchev–Trinajstić information content (AvgIpc) is 2.90. The number of amides is 1. The van der Waals surface area contributed by atoms with Gasteiger partial charge in [-0.25, -0.2) is 30.4 Å².